The van der Waals surface area contributed by atoms with E-state index in [1.54, 1.807) is 93.5 Å². The van der Waals surface area contributed by atoms with Gasteiger partial charge in [-0.1, -0.05) is 110 Å². The smallest absolute Gasteiger partial charge is 0.362 e. The number of hydrogen-bond donors (Lipinski definition) is 8. The Morgan fingerprint density at radius 3 is 1.35 bits per heavy atom. The summed E-state index contributed by atoms with van der Waals surface area (Å²) in [4.78, 5) is 200. The molecule has 9 N–H and O–H groups in total. The Kier molecular flexibility index (Phi) is 47.9. The molecule has 0 saturated carbocycles. The van der Waals surface area contributed by atoms with Gasteiger partial charge in [-0.25, -0.2) is 4.79 Å². The van der Waals surface area contributed by atoms with E-state index < -0.39 is 176 Å². The fourth-order valence-corrected chi connectivity index (χ4v) is 17.1. The summed E-state index contributed by atoms with van der Waals surface area (Å²) in [5.41, 5.74) is 1.25. The number of rotatable bonds is 47. The molecular formula is C94H156N9O23+. The van der Waals surface area contributed by atoms with Gasteiger partial charge < -0.3 is 85.3 Å². The number of ether oxygens (including phenoxy) is 4. The van der Waals surface area contributed by atoms with E-state index in [-0.39, 0.29) is 82.4 Å². The molecule has 12 atom stereocenters. The lowest BCUT2D eigenvalue weighted by Crippen LogP contribution is -2.51. The van der Waals surface area contributed by atoms with Gasteiger partial charge in [0.15, 0.2) is 5.78 Å². The average molecular weight is 1780 g/mol. The van der Waals surface area contributed by atoms with Crippen molar-refractivity contribution in [2.75, 3.05) is 153 Å². The molecule has 2 aromatic rings. The number of hydrogen-bond acceptors (Lipinski definition) is 26. The third-order valence-corrected chi connectivity index (χ3v) is 24.5. The Morgan fingerprint density at radius 1 is 0.508 bits per heavy atom. The van der Waals surface area contributed by atoms with E-state index in [2.05, 4.69) is 41.3 Å². The molecule has 714 valence electrons. The average Bonchev–Trinajstić information content (AvgIpc) is 1.58. The zero-order chi connectivity index (χ0) is 97.2. The minimum Gasteiger partial charge on any atom is -0.481 e. The van der Waals surface area contributed by atoms with Crippen molar-refractivity contribution in [2.24, 2.45) is 109 Å². The Bertz CT molecular complexity index is 3870. The fraction of sp³-hybridized carbons (Fsp3) is 0.713. The monoisotopic (exact) mass is 1780 g/mol. The van der Waals surface area contributed by atoms with Crippen molar-refractivity contribution in [3.8, 4) is 0 Å². The van der Waals surface area contributed by atoms with E-state index >= 15 is 14.4 Å². The van der Waals surface area contributed by atoms with Crippen LogP contribution in [0.5, 0.6) is 0 Å². The number of amides is 4. The molecule has 0 aliphatic carbocycles. The van der Waals surface area contributed by atoms with Gasteiger partial charge >= 0.3 is 53.7 Å². The number of carbonyl (C=O) groups excluding carboxylic acids is 11. The molecule has 126 heavy (non-hydrogen) atoms. The molecule has 3 saturated heterocycles. The number of nitrogens with zero attached hydrogens (tertiary/aromatic N) is 6. The highest BCUT2D eigenvalue weighted by Gasteiger charge is 2.61. The predicted molar refractivity (Wildman–Crippen MR) is 483 cm³/mol. The minimum atomic E-state index is -1.71. The molecule has 32 heteroatoms. The van der Waals surface area contributed by atoms with Gasteiger partial charge in [-0.3, -0.25) is 67.2 Å². The van der Waals surface area contributed by atoms with Gasteiger partial charge in [0.2, 0.25) is 23.6 Å². The molecule has 0 spiro atoms. The molecule has 3 aliphatic rings. The predicted octanol–water partition coefficient (Wildman–Crippen LogP) is 9.77. The van der Waals surface area contributed by atoms with E-state index in [4.69, 9.17) is 30.2 Å². The van der Waals surface area contributed by atoms with E-state index in [0.29, 0.717) is 56.3 Å². The number of carboxylic acid groups (broad SMARTS) is 3. The second-order valence-electron chi connectivity index (χ2n) is 38.6. The summed E-state index contributed by atoms with van der Waals surface area (Å²) in [5, 5.41) is 55.6. The number of Topliss-reactive ketones (excluding diaryl/α,β-unsaturated/α-hetero) is 1. The summed E-state index contributed by atoms with van der Waals surface area (Å²) < 4.78 is 20.8. The number of cyclic esters (lactones) is 4. The van der Waals surface area contributed by atoms with Gasteiger partial charge in [0.05, 0.1) is 79.3 Å². The number of esters is 6. The van der Waals surface area contributed by atoms with Gasteiger partial charge in [-0.05, 0) is 221 Å². The molecule has 5 rings (SSSR count). The molecular weight excluding hydrogens is 1620 g/mol. The van der Waals surface area contributed by atoms with Gasteiger partial charge in [0.1, 0.15) is 12.5 Å². The van der Waals surface area contributed by atoms with Gasteiger partial charge in [-0.2, -0.15) is 0 Å². The number of benzene rings is 2. The third kappa shape index (κ3) is 34.6. The normalized spacial score (nSPS) is 18.8. The van der Waals surface area contributed by atoms with Crippen molar-refractivity contribution < 1.29 is 112 Å². The van der Waals surface area contributed by atoms with Crippen molar-refractivity contribution in [2.45, 2.75) is 188 Å². The number of nitrogens with two attached hydrogens (primary N) is 1. The van der Waals surface area contributed by atoms with Crippen LogP contribution < -0.4 is 26.2 Å². The number of aliphatic hydroxyl groups excluding tert-OH is 2. The number of ketones is 1. The molecule has 0 aromatic heterocycles. The zero-order valence-corrected chi connectivity index (χ0v) is 80.7. The molecule has 3 heterocycles. The molecule has 3 aliphatic heterocycles. The van der Waals surface area contributed by atoms with Crippen molar-refractivity contribution in [1.29, 1.82) is 0 Å². The summed E-state index contributed by atoms with van der Waals surface area (Å²) in [7, 11) is 19.1. The van der Waals surface area contributed by atoms with Gasteiger partial charge in [0, 0.05) is 83.4 Å². The first-order valence-electron chi connectivity index (χ1n) is 44.0. The number of carboxylic acids is 3. The van der Waals surface area contributed by atoms with Crippen molar-refractivity contribution >= 4 is 94.5 Å². The molecule has 0 radical (unpaired) electrons. The maximum Gasteiger partial charge on any atom is 0.362 e. The van der Waals surface area contributed by atoms with Crippen molar-refractivity contribution in [3.05, 3.63) is 66.6 Å². The first-order valence-corrected chi connectivity index (χ1v) is 44.0. The summed E-state index contributed by atoms with van der Waals surface area (Å²) in [6, 6.07) is 14.4. The summed E-state index contributed by atoms with van der Waals surface area (Å²) in [6.07, 6.45) is 2.51. The molecule has 2 aromatic carbocycles. The third-order valence-electron chi connectivity index (χ3n) is 24.5. The number of aliphatic hydroxyl groups is 2. The van der Waals surface area contributed by atoms with E-state index in [1.807, 2.05) is 121 Å². The minimum absolute atomic E-state index is 0.0207. The fourth-order valence-electron chi connectivity index (χ4n) is 17.1. The zero-order valence-electron chi connectivity index (χ0n) is 80.7. The van der Waals surface area contributed by atoms with E-state index in [1.165, 1.54) is 27.7 Å². The second kappa shape index (κ2) is 52.5. The Morgan fingerprint density at radius 2 is 0.944 bits per heavy atom. The highest BCUT2D eigenvalue weighted by Crippen LogP contribution is 2.55. The maximum absolute atomic E-state index is 15.2. The van der Waals surface area contributed by atoms with Crippen LogP contribution in [0, 0.1) is 110 Å². The number of imide groups is 1. The number of anilines is 2. The first-order chi connectivity index (χ1) is 58.3. The number of nitrogens with one attached hydrogen (secondary N) is 2. The van der Waals surface area contributed by atoms with Crippen LogP contribution in [-0.4, -0.2) is 271 Å². The highest BCUT2D eigenvalue weighted by molar-refractivity contribution is 6.06. The highest BCUT2D eigenvalue weighted by atomic mass is 16.6. The molecule has 12 unspecified atom stereocenters. The van der Waals surface area contributed by atoms with Gasteiger partial charge in [0.25, 0.3) is 5.91 Å². The largest absolute Gasteiger partial charge is 0.481 e. The molecule has 4 amide bonds. The summed E-state index contributed by atoms with van der Waals surface area (Å²) in [6.45, 7) is 35.1. The molecule has 32 nitrogen and oxygen atoms in total. The van der Waals surface area contributed by atoms with E-state index in [0.717, 1.165) is 42.2 Å². The molecule has 3 fully saturated rings. The van der Waals surface area contributed by atoms with Crippen LogP contribution in [0.25, 0.3) is 0 Å². The van der Waals surface area contributed by atoms with Crippen LogP contribution in [0.15, 0.2) is 48.5 Å². The maximum atomic E-state index is 15.2. The van der Waals surface area contributed by atoms with Gasteiger partial charge in [-0.15, -0.1) is 0 Å². The Balaban J connectivity index is 0.00000169. The molecule has 0 bridgehead atoms. The quantitative estimate of drug-likeness (QED) is 0.00581. The SMILES string of the molecule is CCO.CCOC(=O)C(C(CC(C)(C)C1C(=O)OC(=O)C1C)C(=O)O)C(C)(C)CC(C(=O)O)C(C(=O)NCCCN(C)C)C(C)(C)CC1C(=O)N(CCCN(C)C)C(=O)C1C(C)(C)CC(C(=O)O)C(C(=O)OCCNC(=O)c1ccc(N(C)C)cc1)C(C)(C)CC.CN(C)CCCN.CN(C)c1ccc(C(=O)CCCO)cc1.[CH2+]C1C(=O)OC(=O)C1C(C)(C)CC. The standard InChI is InChI=1S/C65H104N6O17.C12H17NO2.C10H15O3.C5H14N2.C2H6O/c1-20-61(4,5)48(59(84)87-33-29-67-50(72)39-24-26-40(27-25-39)70(18)19)43(55(78)79)37-64(10,11)47-41(52(74)71(53(47)75)32-23-31-69(16)17)34-63(8,9)46(51(73)66-28-22-30-68(14)15)42(54(76)77)35-65(12,13)49(58(83)86-21-2)44(56(80)81)36-62(6,7)45-38(3)57(82)88-60(45)85;1-13(2)11-7-5-10(6-8-11)12(15)4-3-9-14;1-5-10(3,4)7-6(2)8(11)13-9(7)12;1-7(2)5-3-4-6;1-2-3/h24-27,38,41-49H,20-23,28-37H2,1-19H3,(H,66,73)(H,67,72)(H,76,77)(H,78,79)(H,80,81);5-8,14H,3-4,9H2,1-2H3;6-7H,2,5H2,1,3-4H3;3-6H2,1-2H3;3H,2H2,1H3/q;;+1;;. The lowest BCUT2D eigenvalue weighted by atomic mass is 9.57. The summed E-state index contributed by atoms with van der Waals surface area (Å²) in [5.74, 6) is -25.7. The van der Waals surface area contributed by atoms with Crippen LogP contribution in [0.3, 0.4) is 0 Å². The summed E-state index contributed by atoms with van der Waals surface area (Å²) >= 11 is 0. The first kappa shape index (κ1) is 115. The Hall–Kier alpha value is -8.95. The Labute approximate surface area is 749 Å². The second-order valence-corrected chi connectivity index (χ2v) is 38.6. The number of aliphatic carboxylic acids is 3. The number of likely N-dealkylation sites (tertiary alicyclic amines) is 1. The van der Waals surface area contributed by atoms with Crippen molar-refractivity contribution in [1.82, 2.24) is 30.2 Å². The van der Waals surface area contributed by atoms with Crippen LogP contribution in [0.1, 0.15) is 209 Å². The lowest BCUT2D eigenvalue weighted by Gasteiger charge is -2.45. The topological polar surface area (TPSA) is 447 Å². The van der Waals surface area contributed by atoms with Crippen LogP contribution >= 0.6 is 0 Å². The van der Waals surface area contributed by atoms with Crippen molar-refractivity contribution in [3.63, 3.8) is 0 Å². The van der Waals surface area contributed by atoms with E-state index in [9.17, 15) is 68.1 Å². The van der Waals surface area contributed by atoms with Crippen LogP contribution in [-0.2, 0) is 76.5 Å². The van der Waals surface area contributed by atoms with Crippen LogP contribution in [0.2, 0.25) is 0 Å². The number of carbonyl (C=O) groups is 14. The lowest BCUT2D eigenvalue weighted by molar-refractivity contribution is -0.168. The van der Waals surface area contributed by atoms with Crippen LogP contribution in [0.4, 0.5) is 11.4 Å².